The van der Waals surface area contributed by atoms with Gasteiger partial charge in [0.15, 0.2) is 0 Å². The van der Waals surface area contributed by atoms with Gasteiger partial charge in [-0.1, -0.05) is 19.1 Å². The highest BCUT2D eigenvalue weighted by Gasteiger charge is 2.25. The standard InChI is InChI=1S/C14H21F3N2/c1-11(12-3-5-13(18)6-4-12)7-10-19-9-2-8-14(15,16)17/h3-6,11,19H,2,7-10,18H2,1H3. The summed E-state index contributed by atoms with van der Waals surface area (Å²) in [6.45, 7) is 3.24. The molecule has 1 rings (SSSR count). The van der Waals surface area contributed by atoms with Crippen molar-refractivity contribution in [1.82, 2.24) is 5.32 Å². The molecule has 0 aliphatic carbocycles. The van der Waals surface area contributed by atoms with Crippen LogP contribution in [0, 0.1) is 0 Å². The fraction of sp³-hybridized carbons (Fsp3) is 0.571. The second kappa shape index (κ2) is 7.38. The largest absolute Gasteiger partial charge is 0.399 e. The van der Waals surface area contributed by atoms with Crippen LogP contribution in [0.15, 0.2) is 24.3 Å². The maximum Gasteiger partial charge on any atom is 0.389 e. The predicted octanol–water partition coefficient (Wildman–Crippen LogP) is 3.69. The van der Waals surface area contributed by atoms with Gasteiger partial charge in [0.1, 0.15) is 0 Å². The SMILES string of the molecule is CC(CCNCCCC(F)(F)F)c1ccc(N)cc1. The number of anilines is 1. The molecule has 3 N–H and O–H groups in total. The van der Waals surface area contributed by atoms with Crippen molar-refractivity contribution >= 4 is 5.69 Å². The number of halogens is 3. The Bertz CT molecular complexity index is 360. The topological polar surface area (TPSA) is 38.0 Å². The maximum absolute atomic E-state index is 11.9. The molecule has 0 fully saturated rings. The van der Waals surface area contributed by atoms with Crippen LogP contribution in [0.2, 0.25) is 0 Å². The van der Waals surface area contributed by atoms with E-state index in [-0.39, 0.29) is 6.42 Å². The van der Waals surface area contributed by atoms with Gasteiger partial charge in [-0.05, 0) is 49.5 Å². The molecule has 108 valence electrons. The number of hydrogen-bond acceptors (Lipinski definition) is 2. The first-order valence-electron chi connectivity index (χ1n) is 6.51. The Balaban J connectivity index is 2.14. The molecule has 1 aromatic carbocycles. The molecular weight excluding hydrogens is 253 g/mol. The number of alkyl halides is 3. The zero-order valence-corrected chi connectivity index (χ0v) is 11.1. The Kier molecular flexibility index (Phi) is 6.15. The van der Waals surface area contributed by atoms with Crippen LogP contribution in [-0.4, -0.2) is 19.3 Å². The van der Waals surface area contributed by atoms with E-state index in [9.17, 15) is 13.2 Å². The lowest BCUT2D eigenvalue weighted by atomic mass is 9.97. The third-order valence-electron chi connectivity index (χ3n) is 3.07. The molecule has 0 spiro atoms. The van der Waals surface area contributed by atoms with E-state index in [4.69, 9.17) is 5.73 Å². The lowest BCUT2D eigenvalue weighted by molar-refractivity contribution is -0.135. The molecule has 1 atom stereocenters. The van der Waals surface area contributed by atoms with E-state index >= 15 is 0 Å². The molecule has 0 aliphatic rings. The van der Waals surface area contributed by atoms with Gasteiger partial charge in [0, 0.05) is 12.1 Å². The van der Waals surface area contributed by atoms with Gasteiger partial charge < -0.3 is 11.1 Å². The van der Waals surface area contributed by atoms with Crippen molar-refractivity contribution < 1.29 is 13.2 Å². The number of nitrogen functional groups attached to an aromatic ring is 1. The van der Waals surface area contributed by atoms with Gasteiger partial charge in [0.25, 0.3) is 0 Å². The van der Waals surface area contributed by atoms with Gasteiger partial charge in [-0.15, -0.1) is 0 Å². The first-order chi connectivity index (χ1) is 8.88. The second-order valence-corrected chi connectivity index (χ2v) is 4.83. The smallest absolute Gasteiger partial charge is 0.389 e. The minimum absolute atomic E-state index is 0.139. The molecule has 0 radical (unpaired) electrons. The predicted molar refractivity (Wildman–Crippen MR) is 72.0 cm³/mol. The summed E-state index contributed by atoms with van der Waals surface area (Å²) in [5, 5.41) is 3.05. The Morgan fingerprint density at radius 1 is 1.16 bits per heavy atom. The molecule has 0 amide bonds. The molecule has 0 aliphatic heterocycles. The van der Waals surface area contributed by atoms with Crippen molar-refractivity contribution in [2.45, 2.75) is 38.3 Å². The normalized spacial score (nSPS) is 13.5. The minimum atomic E-state index is -4.04. The van der Waals surface area contributed by atoms with E-state index in [2.05, 4.69) is 12.2 Å². The highest BCUT2D eigenvalue weighted by atomic mass is 19.4. The second-order valence-electron chi connectivity index (χ2n) is 4.83. The Morgan fingerprint density at radius 3 is 2.37 bits per heavy atom. The third-order valence-corrected chi connectivity index (χ3v) is 3.07. The molecular formula is C14H21F3N2. The summed E-state index contributed by atoms with van der Waals surface area (Å²) < 4.78 is 35.7. The van der Waals surface area contributed by atoms with Gasteiger partial charge in [0.2, 0.25) is 0 Å². The number of rotatable bonds is 7. The highest BCUT2D eigenvalue weighted by molar-refractivity contribution is 5.40. The summed E-state index contributed by atoms with van der Waals surface area (Å²) in [6, 6.07) is 7.71. The first-order valence-corrected chi connectivity index (χ1v) is 6.51. The Hall–Kier alpha value is -1.23. The average Bonchev–Trinajstić information content (AvgIpc) is 2.33. The van der Waals surface area contributed by atoms with E-state index in [1.165, 1.54) is 5.56 Å². The summed E-state index contributed by atoms with van der Waals surface area (Å²) in [5.74, 6) is 0.371. The van der Waals surface area contributed by atoms with E-state index in [0.717, 1.165) is 18.7 Å². The molecule has 2 nitrogen and oxygen atoms in total. The number of nitrogens with one attached hydrogen (secondary N) is 1. The molecule has 1 aromatic rings. The molecule has 0 heterocycles. The fourth-order valence-corrected chi connectivity index (χ4v) is 1.85. The quantitative estimate of drug-likeness (QED) is 0.588. The van der Waals surface area contributed by atoms with Crippen LogP contribution in [0.3, 0.4) is 0 Å². The van der Waals surface area contributed by atoms with Crippen molar-refractivity contribution in [2.75, 3.05) is 18.8 Å². The van der Waals surface area contributed by atoms with Crippen molar-refractivity contribution in [3.63, 3.8) is 0 Å². The van der Waals surface area contributed by atoms with Crippen LogP contribution in [0.1, 0.15) is 37.7 Å². The summed E-state index contributed by atoms with van der Waals surface area (Å²) in [7, 11) is 0. The molecule has 19 heavy (non-hydrogen) atoms. The molecule has 1 unspecified atom stereocenters. The van der Waals surface area contributed by atoms with Crippen LogP contribution in [0.4, 0.5) is 18.9 Å². The highest BCUT2D eigenvalue weighted by Crippen LogP contribution is 2.21. The summed E-state index contributed by atoms with van der Waals surface area (Å²) >= 11 is 0. The molecule has 0 aromatic heterocycles. The van der Waals surface area contributed by atoms with Crippen LogP contribution < -0.4 is 11.1 Å². The maximum atomic E-state index is 11.9. The number of hydrogen-bond donors (Lipinski definition) is 2. The van der Waals surface area contributed by atoms with E-state index in [1.807, 2.05) is 24.3 Å². The average molecular weight is 274 g/mol. The lowest BCUT2D eigenvalue weighted by Crippen LogP contribution is -2.20. The molecule has 0 saturated carbocycles. The molecule has 0 bridgehead atoms. The van der Waals surface area contributed by atoms with Gasteiger partial charge in [-0.2, -0.15) is 13.2 Å². The van der Waals surface area contributed by atoms with Crippen molar-refractivity contribution in [3.8, 4) is 0 Å². The first kappa shape index (κ1) is 15.8. The van der Waals surface area contributed by atoms with E-state index in [0.29, 0.717) is 12.5 Å². The van der Waals surface area contributed by atoms with Crippen LogP contribution >= 0.6 is 0 Å². The van der Waals surface area contributed by atoms with Crippen LogP contribution in [0.5, 0.6) is 0 Å². The van der Waals surface area contributed by atoms with Crippen molar-refractivity contribution in [3.05, 3.63) is 29.8 Å². The fourth-order valence-electron chi connectivity index (χ4n) is 1.85. The molecule has 0 saturated heterocycles. The van der Waals surface area contributed by atoms with E-state index in [1.54, 1.807) is 0 Å². The Morgan fingerprint density at radius 2 is 1.79 bits per heavy atom. The molecule has 5 heteroatoms. The summed E-state index contributed by atoms with van der Waals surface area (Å²) in [5.41, 5.74) is 7.55. The number of benzene rings is 1. The van der Waals surface area contributed by atoms with Crippen molar-refractivity contribution in [1.29, 1.82) is 0 Å². The van der Waals surface area contributed by atoms with Gasteiger partial charge >= 0.3 is 6.18 Å². The summed E-state index contributed by atoms with van der Waals surface area (Å²) in [4.78, 5) is 0. The van der Waals surface area contributed by atoms with Gasteiger partial charge in [-0.25, -0.2) is 0 Å². The van der Waals surface area contributed by atoms with E-state index < -0.39 is 12.6 Å². The summed E-state index contributed by atoms with van der Waals surface area (Å²) in [6.07, 6.45) is -3.72. The van der Waals surface area contributed by atoms with Gasteiger partial charge in [0.05, 0.1) is 0 Å². The number of nitrogens with two attached hydrogens (primary N) is 1. The monoisotopic (exact) mass is 274 g/mol. The van der Waals surface area contributed by atoms with Gasteiger partial charge in [-0.3, -0.25) is 0 Å². The van der Waals surface area contributed by atoms with Crippen LogP contribution in [0.25, 0.3) is 0 Å². The van der Waals surface area contributed by atoms with Crippen LogP contribution in [-0.2, 0) is 0 Å². The zero-order chi connectivity index (χ0) is 14.3. The Labute approximate surface area is 112 Å². The zero-order valence-electron chi connectivity index (χ0n) is 11.1. The lowest BCUT2D eigenvalue weighted by Gasteiger charge is -2.13. The minimum Gasteiger partial charge on any atom is -0.399 e. The third kappa shape index (κ3) is 7.06. The van der Waals surface area contributed by atoms with Crippen molar-refractivity contribution in [2.24, 2.45) is 0 Å².